The van der Waals surface area contributed by atoms with Crippen LogP contribution in [-0.2, 0) is 6.42 Å². The zero-order valence-electron chi connectivity index (χ0n) is 9.04. The Hall–Kier alpha value is -1.05. The second kappa shape index (κ2) is 5.52. The lowest BCUT2D eigenvalue weighted by Crippen LogP contribution is -1.98. The minimum absolute atomic E-state index is 0.263. The van der Waals surface area contributed by atoms with Gasteiger partial charge in [-0.05, 0) is 30.2 Å². The van der Waals surface area contributed by atoms with Crippen LogP contribution in [0.3, 0.4) is 0 Å². The summed E-state index contributed by atoms with van der Waals surface area (Å²) in [5, 5.41) is 0.322. The normalized spacial score (nSPS) is 12.4. The van der Waals surface area contributed by atoms with Crippen LogP contribution in [0.2, 0.25) is 5.02 Å². The molecule has 0 aliphatic heterocycles. The van der Waals surface area contributed by atoms with Crippen LogP contribution in [0.4, 0.5) is 4.39 Å². The van der Waals surface area contributed by atoms with E-state index >= 15 is 0 Å². The Bertz CT molecular complexity index is 494. The number of alkyl halides is 1. The smallest absolute Gasteiger partial charge is 0.127 e. The van der Waals surface area contributed by atoms with Crippen molar-refractivity contribution in [1.82, 2.24) is 0 Å². The van der Waals surface area contributed by atoms with Gasteiger partial charge in [-0.15, -0.1) is 11.6 Å². The Balaban J connectivity index is 2.14. The first-order valence-corrected chi connectivity index (χ1v) is 6.11. The summed E-state index contributed by atoms with van der Waals surface area (Å²) in [6.45, 7) is 0. The monoisotopic (exact) mass is 268 g/mol. The van der Waals surface area contributed by atoms with Gasteiger partial charge >= 0.3 is 0 Å². The summed E-state index contributed by atoms with van der Waals surface area (Å²) in [6.07, 6.45) is 0.583. The molecule has 0 saturated heterocycles. The molecule has 1 unspecified atom stereocenters. The minimum atomic E-state index is -0.364. The van der Waals surface area contributed by atoms with Gasteiger partial charge in [-0.25, -0.2) is 4.39 Å². The third-order valence-corrected chi connectivity index (χ3v) is 3.21. The molecule has 0 fully saturated rings. The van der Waals surface area contributed by atoms with E-state index in [0.29, 0.717) is 17.0 Å². The van der Waals surface area contributed by atoms with Crippen LogP contribution < -0.4 is 0 Å². The van der Waals surface area contributed by atoms with Crippen molar-refractivity contribution in [2.75, 3.05) is 0 Å². The van der Waals surface area contributed by atoms with Crippen molar-refractivity contribution >= 4 is 23.2 Å². The summed E-state index contributed by atoms with van der Waals surface area (Å²) in [7, 11) is 0. The quantitative estimate of drug-likeness (QED) is 0.688. The second-order valence-corrected chi connectivity index (χ2v) is 4.78. The van der Waals surface area contributed by atoms with Crippen LogP contribution >= 0.6 is 23.2 Å². The zero-order valence-corrected chi connectivity index (χ0v) is 10.5. The van der Waals surface area contributed by atoms with Gasteiger partial charge in [-0.3, -0.25) is 0 Å². The summed E-state index contributed by atoms with van der Waals surface area (Å²) in [4.78, 5) is 0. The molecule has 88 valence electrons. The summed E-state index contributed by atoms with van der Waals surface area (Å²) >= 11 is 12.0. The first-order chi connectivity index (χ1) is 8.16. The molecular weight excluding hydrogens is 258 g/mol. The van der Waals surface area contributed by atoms with Crippen LogP contribution in [0.25, 0.3) is 0 Å². The number of rotatable bonds is 3. The summed E-state index contributed by atoms with van der Waals surface area (Å²) < 4.78 is 13.5. The molecule has 0 bridgehead atoms. The molecule has 0 saturated carbocycles. The largest absolute Gasteiger partial charge is 0.207 e. The molecule has 17 heavy (non-hydrogen) atoms. The molecule has 0 aliphatic carbocycles. The molecule has 0 nitrogen and oxygen atoms in total. The van der Waals surface area contributed by atoms with Crippen LogP contribution in [-0.4, -0.2) is 0 Å². The van der Waals surface area contributed by atoms with E-state index in [9.17, 15) is 4.39 Å². The van der Waals surface area contributed by atoms with Gasteiger partial charge in [0, 0.05) is 10.6 Å². The lowest BCUT2D eigenvalue weighted by atomic mass is 10.0. The Kier molecular flexibility index (Phi) is 4.03. The molecule has 2 aromatic rings. The van der Waals surface area contributed by atoms with Crippen molar-refractivity contribution < 1.29 is 4.39 Å². The Morgan fingerprint density at radius 1 is 1.00 bits per heavy atom. The van der Waals surface area contributed by atoms with E-state index in [0.717, 1.165) is 5.56 Å². The van der Waals surface area contributed by atoms with Crippen molar-refractivity contribution in [2.45, 2.75) is 11.8 Å². The summed E-state index contributed by atoms with van der Waals surface area (Å²) in [5.41, 5.74) is 1.57. The van der Waals surface area contributed by atoms with Crippen LogP contribution in [0.15, 0.2) is 48.5 Å². The fraction of sp³-hybridized carbons (Fsp3) is 0.143. The van der Waals surface area contributed by atoms with E-state index in [1.165, 1.54) is 6.07 Å². The maximum atomic E-state index is 13.5. The molecule has 0 heterocycles. The number of halogens is 3. The highest BCUT2D eigenvalue weighted by Gasteiger charge is 2.12. The summed E-state index contributed by atoms with van der Waals surface area (Å²) in [6, 6.07) is 14.0. The van der Waals surface area contributed by atoms with E-state index in [2.05, 4.69) is 0 Å². The fourth-order valence-corrected chi connectivity index (χ4v) is 2.15. The predicted molar refractivity (Wildman–Crippen MR) is 70.2 cm³/mol. The van der Waals surface area contributed by atoms with E-state index in [-0.39, 0.29) is 11.2 Å². The van der Waals surface area contributed by atoms with Gasteiger partial charge in [0.2, 0.25) is 0 Å². The van der Waals surface area contributed by atoms with Gasteiger partial charge in [0.05, 0.1) is 5.38 Å². The van der Waals surface area contributed by atoms with Gasteiger partial charge in [0.25, 0.3) is 0 Å². The highest BCUT2D eigenvalue weighted by atomic mass is 35.5. The highest BCUT2D eigenvalue weighted by molar-refractivity contribution is 6.30. The molecule has 0 N–H and O–H groups in total. The molecule has 0 aliphatic rings. The Morgan fingerprint density at radius 2 is 1.65 bits per heavy atom. The lowest BCUT2D eigenvalue weighted by molar-refractivity contribution is 0.606. The van der Waals surface area contributed by atoms with Crippen LogP contribution in [0.5, 0.6) is 0 Å². The Labute approximate surface area is 110 Å². The lowest BCUT2D eigenvalue weighted by Gasteiger charge is -2.10. The molecule has 0 radical (unpaired) electrons. The first-order valence-electron chi connectivity index (χ1n) is 5.30. The van der Waals surface area contributed by atoms with Crippen LogP contribution in [0.1, 0.15) is 16.5 Å². The number of hydrogen-bond donors (Lipinski definition) is 0. The van der Waals surface area contributed by atoms with Crippen LogP contribution in [0, 0.1) is 5.82 Å². The average molecular weight is 269 g/mol. The molecule has 2 rings (SSSR count). The van der Waals surface area contributed by atoms with Gasteiger partial charge in [0.1, 0.15) is 5.82 Å². The van der Waals surface area contributed by atoms with Gasteiger partial charge < -0.3 is 0 Å². The molecular formula is C14H11Cl2F. The van der Waals surface area contributed by atoms with E-state index < -0.39 is 0 Å². The first kappa shape index (κ1) is 12.4. The topological polar surface area (TPSA) is 0 Å². The molecule has 0 spiro atoms. The average Bonchev–Trinajstić information content (AvgIpc) is 2.32. The SMILES string of the molecule is Fc1ccccc1C(Cl)Cc1ccc(Cl)cc1. The van der Waals surface area contributed by atoms with E-state index in [1.807, 2.05) is 24.3 Å². The van der Waals surface area contributed by atoms with Gasteiger partial charge in [0.15, 0.2) is 0 Å². The highest BCUT2D eigenvalue weighted by Crippen LogP contribution is 2.27. The van der Waals surface area contributed by atoms with E-state index in [1.54, 1.807) is 18.2 Å². The van der Waals surface area contributed by atoms with Crippen molar-refractivity contribution in [3.8, 4) is 0 Å². The third kappa shape index (κ3) is 3.21. The van der Waals surface area contributed by atoms with Crippen molar-refractivity contribution in [1.29, 1.82) is 0 Å². The van der Waals surface area contributed by atoms with Crippen molar-refractivity contribution in [3.05, 3.63) is 70.5 Å². The van der Waals surface area contributed by atoms with Gasteiger partial charge in [-0.1, -0.05) is 41.9 Å². The predicted octanol–water partition coefficient (Wildman–Crippen LogP) is 5.00. The molecule has 3 heteroatoms. The van der Waals surface area contributed by atoms with Crippen molar-refractivity contribution in [2.24, 2.45) is 0 Å². The maximum absolute atomic E-state index is 13.5. The van der Waals surface area contributed by atoms with E-state index in [4.69, 9.17) is 23.2 Å². The van der Waals surface area contributed by atoms with Crippen molar-refractivity contribution in [3.63, 3.8) is 0 Å². The molecule has 0 aromatic heterocycles. The molecule has 0 amide bonds. The standard InChI is InChI=1S/C14H11Cl2F/c15-11-7-5-10(6-8-11)9-13(16)12-3-1-2-4-14(12)17/h1-8,13H,9H2. The number of benzene rings is 2. The molecule has 2 aromatic carbocycles. The van der Waals surface area contributed by atoms with Gasteiger partial charge in [-0.2, -0.15) is 0 Å². The zero-order chi connectivity index (χ0) is 12.3. The Morgan fingerprint density at radius 3 is 2.29 bits per heavy atom. The maximum Gasteiger partial charge on any atom is 0.127 e. The number of hydrogen-bond acceptors (Lipinski definition) is 0. The second-order valence-electron chi connectivity index (χ2n) is 3.82. The fourth-order valence-electron chi connectivity index (χ4n) is 1.67. The minimum Gasteiger partial charge on any atom is -0.207 e. The summed E-state index contributed by atoms with van der Waals surface area (Å²) in [5.74, 6) is -0.263. The third-order valence-electron chi connectivity index (χ3n) is 2.57. The molecule has 1 atom stereocenters.